The van der Waals surface area contributed by atoms with Gasteiger partial charge < -0.3 is 14.7 Å². The molecule has 1 fully saturated rings. The first-order valence-electron chi connectivity index (χ1n) is 5.56. The smallest absolute Gasteiger partial charge is 0.143 e. The van der Waals surface area contributed by atoms with Gasteiger partial charge in [0.25, 0.3) is 0 Å². The molecule has 0 aliphatic carbocycles. The van der Waals surface area contributed by atoms with Gasteiger partial charge in [-0.3, -0.25) is 4.98 Å². The third kappa shape index (κ3) is 2.03. The molecule has 1 aliphatic heterocycles. The molecule has 0 spiro atoms. The fraction of sp³-hybridized carbons (Fsp3) is 0.583. The van der Waals surface area contributed by atoms with Crippen LogP contribution in [-0.4, -0.2) is 42.2 Å². The molecule has 2 rings (SSSR count). The van der Waals surface area contributed by atoms with Crippen molar-refractivity contribution in [2.45, 2.75) is 18.4 Å². The normalized spacial score (nSPS) is 26.7. The van der Waals surface area contributed by atoms with Gasteiger partial charge in [0.05, 0.1) is 7.11 Å². The standard InChI is InChI=1S/C12H18N2O2/c1-14-8-4-6-12(15,9-14)11-10(16-2)5-3-7-13-11/h3,5,7,15H,4,6,8-9H2,1-2H3. The second-order valence-corrected chi connectivity index (χ2v) is 4.43. The van der Waals surface area contributed by atoms with E-state index in [1.165, 1.54) is 0 Å². The molecular formula is C12H18N2O2. The number of aromatic nitrogens is 1. The molecule has 4 heteroatoms. The summed E-state index contributed by atoms with van der Waals surface area (Å²) in [5, 5.41) is 10.6. The van der Waals surface area contributed by atoms with Gasteiger partial charge in [-0.15, -0.1) is 0 Å². The molecule has 2 heterocycles. The van der Waals surface area contributed by atoms with E-state index in [1.54, 1.807) is 13.3 Å². The number of hydrogen-bond donors (Lipinski definition) is 1. The van der Waals surface area contributed by atoms with Crippen LogP contribution in [0.2, 0.25) is 0 Å². The van der Waals surface area contributed by atoms with Crippen LogP contribution in [0.25, 0.3) is 0 Å². The van der Waals surface area contributed by atoms with Crippen LogP contribution in [-0.2, 0) is 5.60 Å². The van der Waals surface area contributed by atoms with Crippen molar-refractivity contribution in [2.75, 3.05) is 27.2 Å². The third-order valence-electron chi connectivity index (χ3n) is 3.09. The van der Waals surface area contributed by atoms with E-state index in [0.29, 0.717) is 18.0 Å². The Hall–Kier alpha value is -1.13. The average Bonchev–Trinajstić information content (AvgIpc) is 2.29. The fourth-order valence-electron chi connectivity index (χ4n) is 2.34. The molecule has 0 amide bonds. The number of aliphatic hydroxyl groups is 1. The Balaban J connectivity index is 2.34. The van der Waals surface area contributed by atoms with Crippen LogP contribution in [0.5, 0.6) is 5.75 Å². The number of nitrogens with zero attached hydrogens (tertiary/aromatic N) is 2. The number of hydrogen-bond acceptors (Lipinski definition) is 4. The van der Waals surface area contributed by atoms with Crippen LogP contribution in [0.15, 0.2) is 18.3 Å². The fourth-order valence-corrected chi connectivity index (χ4v) is 2.34. The molecule has 1 aliphatic rings. The van der Waals surface area contributed by atoms with Crippen molar-refractivity contribution in [3.8, 4) is 5.75 Å². The van der Waals surface area contributed by atoms with Crippen molar-refractivity contribution in [2.24, 2.45) is 0 Å². The van der Waals surface area contributed by atoms with Gasteiger partial charge in [-0.25, -0.2) is 0 Å². The molecule has 0 aromatic carbocycles. The number of likely N-dealkylation sites (N-methyl/N-ethyl adjacent to an activating group) is 1. The Bertz CT molecular complexity index is 370. The quantitative estimate of drug-likeness (QED) is 0.811. The number of piperidine rings is 1. The number of ether oxygens (including phenoxy) is 1. The lowest BCUT2D eigenvalue weighted by Crippen LogP contribution is -2.44. The second kappa shape index (κ2) is 4.39. The lowest BCUT2D eigenvalue weighted by Gasteiger charge is -2.37. The molecule has 88 valence electrons. The Morgan fingerprint density at radius 3 is 3.06 bits per heavy atom. The monoisotopic (exact) mass is 222 g/mol. The van der Waals surface area contributed by atoms with Crippen molar-refractivity contribution in [1.82, 2.24) is 9.88 Å². The summed E-state index contributed by atoms with van der Waals surface area (Å²) in [5.41, 5.74) is -0.219. The zero-order valence-corrected chi connectivity index (χ0v) is 9.81. The highest BCUT2D eigenvalue weighted by Crippen LogP contribution is 2.34. The summed E-state index contributed by atoms with van der Waals surface area (Å²) in [6, 6.07) is 3.66. The van der Waals surface area contributed by atoms with Gasteiger partial charge in [0.1, 0.15) is 17.0 Å². The second-order valence-electron chi connectivity index (χ2n) is 4.43. The number of likely N-dealkylation sites (tertiary alicyclic amines) is 1. The Morgan fingerprint density at radius 2 is 2.38 bits per heavy atom. The molecule has 4 nitrogen and oxygen atoms in total. The Morgan fingerprint density at radius 1 is 1.56 bits per heavy atom. The summed E-state index contributed by atoms with van der Waals surface area (Å²) >= 11 is 0. The van der Waals surface area contributed by atoms with Gasteiger partial charge in [0.15, 0.2) is 0 Å². The lowest BCUT2D eigenvalue weighted by molar-refractivity contribution is -0.0328. The number of methoxy groups -OCH3 is 1. The molecule has 1 saturated heterocycles. The first-order chi connectivity index (χ1) is 7.65. The van der Waals surface area contributed by atoms with E-state index in [-0.39, 0.29) is 0 Å². The van der Waals surface area contributed by atoms with Crippen molar-refractivity contribution >= 4 is 0 Å². The van der Waals surface area contributed by atoms with Crippen LogP contribution in [0.1, 0.15) is 18.5 Å². The number of rotatable bonds is 2. The van der Waals surface area contributed by atoms with E-state index in [2.05, 4.69) is 9.88 Å². The van der Waals surface area contributed by atoms with Crippen molar-refractivity contribution < 1.29 is 9.84 Å². The number of β-amino-alcohol motifs (C(OH)–C–C–N with tert-alkyl or cyclic N) is 1. The molecule has 0 radical (unpaired) electrons. The van der Waals surface area contributed by atoms with E-state index in [0.717, 1.165) is 19.4 Å². The van der Waals surface area contributed by atoms with Crippen LogP contribution >= 0.6 is 0 Å². The molecule has 0 bridgehead atoms. The van der Waals surface area contributed by atoms with Gasteiger partial charge in [-0.05, 0) is 38.6 Å². The van der Waals surface area contributed by atoms with Crippen molar-refractivity contribution in [1.29, 1.82) is 0 Å². The summed E-state index contributed by atoms with van der Waals surface area (Å²) in [4.78, 5) is 6.40. The minimum atomic E-state index is -0.875. The van der Waals surface area contributed by atoms with E-state index in [4.69, 9.17) is 4.74 Å². The van der Waals surface area contributed by atoms with E-state index in [9.17, 15) is 5.11 Å². The van der Waals surface area contributed by atoms with E-state index in [1.807, 2.05) is 19.2 Å². The number of pyridine rings is 1. The van der Waals surface area contributed by atoms with Crippen LogP contribution in [0.3, 0.4) is 0 Å². The molecule has 1 unspecified atom stereocenters. The molecule has 1 aromatic rings. The maximum Gasteiger partial charge on any atom is 0.143 e. The Kier molecular flexibility index (Phi) is 3.12. The highest BCUT2D eigenvalue weighted by atomic mass is 16.5. The highest BCUT2D eigenvalue weighted by molar-refractivity contribution is 5.32. The molecule has 1 atom stereocenters. The molecule has 1 N–H and O–H groups in total. The third-order valence-corrected chi connectivity index (χ3v) is 3.09. The van der Waals surface area contributed by atoms with Crippen LogP contribution in [0.4, 0.5) is 0 Å². The zero-order chi connectivity index (χ0) is 11.6. The molecule has 0 saturated carbocycles. The van der Waals surface area contributed by atoms with Crippen LogP contribution < -0.4 is 4.74 Å². The first kappa shape index (κ1) is 11.4. The van der Waals surface area contributed by atoms with Gasteiger partial charge in [0.2, 0.25) is 0 Å². The molecular weight excluding hydrogens is 204 g/mol. The maximum absolute atomic E-state index is 10.6. The minimum absolute atomic E-state index is 0.611. The minimum Gasteiger partial charge on any atom is -0.495 e. The molecule has 1 aromatic heterocycles. The summed E-state index contributed by atoms with van der Waals surface area (Å²) in [5.74, 6) is 0.667. The lowest BCUT2D eigenvalue weighted by atomic mass is 9.89. The van der Waals surface area contributed by atoms with Gasteiger partial charge in [-0.1, -0.05) is 0 Å². The summed E-state index contributed by atoms with van der Waals surface area (Å²) in [7, 11) is 3.62. The Labute approximate surface area is 95.9 Å². The maximum atomic E-state index is 10.6. The van der Waals surface area contributed by atoms with Crippen molar-refractivity contribution in [3.05, 3.63) is 24.0 Å². The van der Waals surface area contributed by atoms with Gasteiger partial charge in [0, 0.05) is 12.7 Å². The van der Waals surface area contributed by atoms with Crippen LogP contribution in [0, 0.1) is 0 Å². The first-order valence-corrected chi connectivity index (χ1v) is 5.56. The van der Waals surface area contributed by atoms with Crippen molar-refractivity contribution in [3.63, 3.8) is 0 Å². The predicted molar refractivity (Wildman–Crippen MR) is 61.4 cm³/mol. The summed E-state index contributed by atoms with van der Waals surface area (Å²) < 4.78 is 5.26. The highest BCUT2D eigenvalue weighted by Gasteiger charge is 2.37. The average molecular weight is 222 g/mol. The topological polar surface area (TPSA) is 45.6 Å². The van der Waals surface area contributed by atoms with Gasteiger partial charge in [-0.2, -0.15) is 0 Å². The zero-order valence-electron chi connectivity index (χ0n) is 9.81. The SMILES string of the molecule is COc1cccnc1C1(O)CCCN(C)C1. The van der Waals surface area contributed by atoms with E-state index >= 15 is 0 Å². The van der Waals surface area contributed by atoms with Gasteiger partial charge >= 0.3 is 0 Å². The largest absolute Gasteiger partial charge is 0.495 e. The predicted octanol–water partition coefficient (Wildman–Crippen LogP) is 1.00. The van der Waals surface area contributed by atoms with E-state index < -0.39 is 5.60 Å². The molecule has 16 heavy (non-hydrogen) atoms. The summed E-state index contributed by atoms with van der Waals surface area (Å²) in [6.45, 7) is 1.64. The summed E-state index contributed by atoms with van der Waals surface area (Å²) in [6.07, 6.45) is 3.42.